The van der Waals surface area contributed by atoms with Gasteiger partial charge < -0.3 is 9.52 Å². The first-order chi connectivity index (χ1) is 31.9. The summed E-state index contributed by atoms with van der Waals surface area (Å²) in [5.41, 5.74) is 16.7. The van der Waals surface area contributed by atoms with Crippen LogP contribution in [0.2, 0.25) is 0 Å². The number of para-hydroxylation sites is 1. The average Bonchev–Trinajstić information content (AvgIpc) is 3.86. The van der Waals surface area contributed by atoms with Crippen molar-refractivity contribution >= 4 is 33.0 Å². The predicted molar refractivity (Wildman–Crippen MR) is 281 cm³/mol. The topological polar surface area (TPSA) is 87.9 Å². The third-order valence-electron chi connectivity index (χ3n) is 15.3. The number of nitrogens with zero attached hydrogens (tertiary/aromatic N) is 4. The molecule has 0 atom stereocenters. The fraction of sp³-hybridized carbons (Fsp3) is 0.306. The summed E-state index contributed by atoms with van der Waals surface area (Å²) in [5, 5.41) is 24.8. The van der Waals surface area contributed by atoms with Crippen LogP contribution in [0.25, 0.3) is 83.6 Å². The molecule has 6 nitrogen and oxygen atoms in total. The van der Waals surface area contributed by atoms with Crippen LogP contribution in [0.5, 0.6) is 5.75 Å². The fourth-order valence-electron chi connectivity index (χ4n) is 10.8. The highest BCUT2D eigenvalue weighted by Gasteiger charge is 2.49. The van der Waals surface area contributed by atoms with E-state index < -0.39 is 0 Å². The van der Waals surface area contributed by atoms with Gasteiger partial charge >= 0.3 is 0 Å². The molecule has 10 rings (SSSR count). The molecule has 0 aliphatic heterocycles. The summed E-state index contributed by atoms with van der Waals surface area (Å²) >= 11 is 0. The van der Waals surface area contributed by atoms with Crippen LogP contribution in [-0.4, -0.2) is 19.6 Å². The number of hydrogen-bond donors (Lipinski definition) is 1. The monoisotopic (exact) mass is 894 g/mol. The van der Waals surface area contributed by atoms with E-state index in [-0.39, 0.29) is 32.8 Å². The van der Waals surface area contributed by atoms with Crippen LogP contribution in [-0.2, 0) is 27.1 Å². The van der Waals surface area contributed by atoms with E-state index in [2.05, 4.69) is 199 Å². The zero-order chi connectivity index (χ0) is 48.6. The zero-order valence-electron chi connectivity index (χ0n) is 42.1. The Bertz CT molecular complexity index is 3590. The maximum Gasteiger partial charge on any atom is 0.149 e. The first-order valence-corrected chi connectivity index (χ1v) is 23.9. The van der Waals surface area contributed by atoms with Crippen molar-refractivity contribution in [1.29, 1.82) is 5.26 Å². The lowest BCUT2D eigenvalue weighted by Crippen LogP contribution is -2.44. The van der Waals surface area contributed by atoms with Crippen molar-refractivity contribution in [1.82, 2.24) is 14.5 Å². The Hall–Kier alpha value is -6.97. The SMILES string of the molecule is Cc1ccnc2c1C(C)(C)C(C)(C)c1c-2cc(-c2cccc3c2nc(-c2cc(C(C)(C)C)cc(C(C)(C)C)c2O)n3-c2ccc(C(C)(C)C)cc2-c2ccccc2)c2oc3ccc(C#N)cc3c12. The van der Waals surface area contributed by atoms with Crippen LogP contribution in [0.4, 0.5) is 0 Å². The highest BCUT2D eigenvalue weighted by Crippen LogP contribution is 2.59. The number of imidazole rings is 1. The number of pyridine rings is 1. The molecule has 6 aromatic carbocycles. The average molecular weight is 895 g/mol. The lowest BCUT2D eigenvalue weighted by Gasteiger charge is -2.48. The fourth-order valence-corrected chi connectivity index (χ4v) is 10.8. The summed E-state index contributed by atoms with van der Waals surface area (Å²) in [5.74, 6) is 0.867. The van der Waals surface area contributed by atoms with Gasteiger partial charge in [-0.25, -0.2) is 4.98 Å². The number of aromatic nitrogens is 3. The molecule has 3 aromatic heterocycles. The molecule has 0 spiro atoms. The molecule has 0 saturated heterocycles. The first-order valence-electron chi connectivity index (χ1n) is 23.9. The Morgan fingerprint density at radius 2 is 1.34 bits per heavy atom. The van der Waals surface area contributed by atoms with Gasteiger partial charge in [0, 0.05) is 55.6 Å². The molecule has 0 radical (unpaired) electrons. The van der Waals surface area contributed by atoms with Gasteiger partial charge in [-0.15, -0.1) is 0 Å². The van der Waals surface area contributed by atoms with Crippen molar-refractivity contribution < 1.29 is 9.52 Å². The van der Waals surface area contributed by atoms with Crippen LogP contribution in [0, 0.1) is 18.3 Å². The van der Waals surface area contributed by atoms with Gasteiger partial charge in [-0.2, -0.15) is 5.26 Å². The van der Waals surface area contributed by atoms with Crippen LogP contribution in [0.15, 0.2) is 120 Å². The summed E-state index contributed by atoms with van der Waals surface area (Å²) in [6.07, 6.45) is 1.92. The van der Waals surface area contributed by atoms with Crippen molar-refractivity contribution in [3.63, 3.8) is 0 Å². The van der Waals surface area contributed by atoms with Crippen molar-refractivity contribution in [2.75, 3.05) is 0 Å². The minimum atomic E-state index is -0.381. The molecule has 0 bridgehead atoms. The molecule has 0 amide bonds. The predicted octanol–water partition coefficient (Wildman–Crippen LogP) is 16.3. The second-order valence-electron chi connectivity index (χ2n) is 23.3. The summed E-state index contributed by atoms with van der Waals surface area (Å²) in [7, 11) is 0. The van der Waals surface area contributed by atoms with Crippen LogP contribution in [0.1, 0.15) is 129 Å². The molecule has 3 heterocycles. The number of aromatic hydroxyl groups is 1. The summed E-state index contributed by atoms with van der Waals surface area (Å²) < 4.78 is 9.34. The van der Waals surface area contributed by atoms with Gasteiger partial charge in [0.05, 0.1) is 39.6 Å². The van der Waals surface area contributed by atoms with Gasteiger partial charge in [-0.1, -0.05) is 145 Å². The van der Waals surface area contributed by atoms with Gasteiger partial charge in [0.1, 0.15) is 22.7 Å². The second-order valence-corrected chi connectivity index (χ2v) is 23.3. The number of nitriles is 1. The molecular weight excluding hydrogens is 833 g/mol. The largest absolute Gasteiger partial charge is 0.507 e. The summed E-state index contributed by atoms with van der Waals surface area (Å²) in [6.45, 7) is 31.4. The van der Waals surface area contributed by atoms with Crippen molar-refractivity contribution in [3.8, 4) is 62.4 Å². The van der Waals surface area contributed by atoms with E-state index in [4.69, 9.17) is 14.4 Å². The summed E-state index contributed by atoms with van der Waals surface area (Å²) in [4.78, 5) is 10.9. The summed E-state index contributed by atoms with van der Waals surface area (Å²) in [6, 6.07) is 40.6. The molecule has 0 saturated carbocycles. The van der Waals surface area contributed by atoms with Crippen molar-refractivity contribution in [2.45, 2.75) is 124 Å². The van der Waals surface area contributed by atoms with Gasteiger partial charge in [0.25, 0.3) is 0 Å². The molecule has 6 heteroatoms. The zero-order valence-corrected chi connectivity index (χ0v) is 42.1. The van der Waals surface area contributed by atoms with Gasteiger partial charge in [0.2, 0.25) is 0 Å². The molecule has 0 fully saturated rings. The maximum atomic E-state index is 12.7. The third kappa shape index (κ3) is 6.72. The minimum absolute atomic E-state index is 0.107. The Balaban J connectivity index is 1.39. The highest BCUT2D eigenvalue weighted by atomic mass is 16.3. The van der Waals surface area contributed by atoms with Gasteiger partial charge in [-0.05, 0) is 111 Å². The molecule has 9 aromatic rings. The normalized spacial score (nSPS) is 14.6. The smallest absolute Gasteiger partial charge is 0.149 e. The number of benzene rings is 6. The van der Waals surface area contributed by atoms with Crippen LogP contribution >= 0.6 is 0 Å². The Morgan fingerprint density at radius 3 is 2.01 bits per heavy atom. The van der Waals surface area contributed by atoms with E-state index in [9.17, 15) is 10.4 Å². The standard InChI is InChI=1S/C62H62N4O2/c1-35-27-28-64-54-44-33-42(56-50(43-29-36(34-63)23-26-49(43)68-56)52(44)62(13,14)61(11,12)51(35)54)40-21-18-22-48-53(40)65-57(45-31-39(59(5,6)7)32-46(55(45)67)60(8,9)10)66(48)47-25-24-38(58(2,3)4)30-41(47)37-19-16-15-17-20-37/h15-33,67H,1-14H3. The number of phenols is 1. The molecule has 68 heavy (non-hydrogen) atoms. The molecule has 1 aliphatic carbocycles. The van der Waals surface area contributed by atoms with Crippen LogP contribution < -0.4 is 0 Å². The van der Waals surface area contributed by atoms with Crippen LogP contribution in [0.3, 0.4) is 0 Å². The van der Waals surface area contributed by atoms with Gasteiger partial charge in [-0.3, -0.25) is 9.55 Å². The number of rotatable bonds is 4. The number of hydrogen-bond acceptors (Lipinski definition) is 5. The Kier molecular flexibility index (Phi) is 9.90. The van der Waals surface area contributed by atoms with E-state index >= 15 is 0 Å². The molecule has 342 valence electrons. The van der Waals surface area contributed by atoms with E-state index in [1.807, 2.05) is 24.4 Å². The van der Waals surface area contributed by atoms with Crippen molar-refractivity contribution in [2.24, 2.45) is 0 Å². The number of fused-ring (bicyclic) bond motifs is 8. The van der Waals surface area contributed by atoms with Gasteiger partial charge in [0.15, 0.2) is 0 Å². The lowest BCUT2D eigenvalue weighted by molar-refractivity contribution is 0.299. The maximum absolute atomic E-state index is 12.7. The molecule has 1 N–H and O–H groups in total. The first kappa shape index (κ1) is 44.8. The van der Waals surface area contributed by atoms with Crippen molar-refractivity contribution in [3.05, 3.63) is 154 Å². The molecule has 0 unspecified atom stereocenters. The number of phenolic OH excluding ortho intramolecular Hbond substituents is 1. The Morgan fingerprint density at radius 1 is 0.647 bits per heavy atom. The van der Waals surface area contributed by atoms with E-state index in [1.54, 1.807) is 0 Å². The third-order valence-corrected chi connectivity index (χ3v) is 15.3. The number of furan rings is 1. The molecule has 1 aliphatic rings. The highest BCUT2D eigenvalue weighted by molar-refractivity contribution is 6.16. The minimum Gasteiger partial charge on any atom is -0.507 e. The van der Waals surface area contributed by atoms with E-state index in [0.717, 1.165) is 83.3 Å². The number of aryl methyl sites for hydroxylation is 1. The second kappa shape index (κ2) is 15.0. The Labute approximate surface area is 401 Å². The van der Waals surface area contributed by atoms with E-state index in [1.165, 1.54) is 16.7 Å². The molecular formula is C62H62N4O2. The quantitative estimate of drug-likeness (QED) is 0.190. The lowest BCUT2D eigenvalue weighted by atomic mass is 9.54. The van der Waals surface area contributed by atoms with E-state index in [0.29, 0.717) is 22.5 Å².